The van der Waals surface area contributed by atoms with Gasteiger partial charge in [-0.05, 0) is 57.2 Å². The molecular formula is C30H35BrN2. The van der Waals surface area contributed by atoms with Crippen molar-refractivity contribution in [1.29, 1.82) is 0 Å². The van der Waals surface area contributed by atoms with Crippen LogP contribution in [0, 0.1) is 20.8 Å². The van der Waals surface area contributed by atoms with Gasteiger partial charge in [0, 0.05) is 0 Å². The highest BCUT2D eigenvalue weighted by Crippen LogP contribution is 2.38. The first kappa shape index (κ1) is 25.0. The van der Waals surface area contributed by atoms with Crippen LogP contribution in [0.3, 0.4) is 0 Å². The molecule has 1 heterocycles. The molecule has 172 valence electrons. The predicted molar refractivity (Wildman–Crippen MR) is 133 cm³/mol. The zero-order valence-electron chi connectivity index (χ0n) is 20.5. The molecular weight excluding hydrogens is 468 g/mol. The Hall–Kier alpha value is -2.65. The minimum Gasteiger partial charge on any atom is -1.00 e. The van der Waals surface area contributed by atoms with E-state index in [1.807, 2.05) is 0 Å². The smallest absolute Gasteiger partial charge is 0.267 e. The maximum atomic E-state index is 2.42. The number of hydrogen-bond acceptors (Lipinski definition) is 0. The number of aromatic nitrogens is 2. The minimum atomic E-state index is -0.188. The van der Waals surface area contributed by atoms with Gasteiger partial charge in [-0.1, -0.05) is 89.5 Å². The topological polar surface area (TPSA) is 8.81 Å². The lowest BCUT2D eigenvalue weighted by atomic mass is 9.70. The molecule has 3 aromatic carbocycles. The number of nitrogens with zero attached hydrogens (tertiary/aromatic N) is 2. The fourth-order valence-corrected chi connectivity index (χ4v) is 4.93. The van der Waals surface area contributed by atoms with Gasteiger partial charge in [0.15, 0.2) is 0 Å². The largest absolute Gasteiger partial charge is 1.00 e. The number of hydrogen-bond donors (Lipinski definition) is 0. The summed E-state index contributed by atoms with van der Waals surface area (Å²) < 4.78 is 4.74. The highest BCUT2D eigenvalue weighted by Gasteiger charge is 2.44. The van der Waals surface area contributed by atoms with Crippen LogP contribution >= 0.6 is 0 Å². The summed E-state index contributed by atoms with van der Waals surface area (Å²) in [6.45, 7) is 9.67. The summed E-state index contributed by atoms with van der Waals surface area (Å²) in [6.07, 6.45) is 6.32. The minimum absolute atomic E-state index is 0. The molecule has 0 spiro atoms. The molecule has 0 radical (unpaired) electrons. The first-order valence-corrected chi connectivity index (χ1v) is 11.6. The van der Waals surface area contributed by atoms with Gasteiger partial charge in [-0.3, -0.25) is 0 Å². The number of aryl methyl sites for hydroxylation is 5. The molecule has 2 nitrogen and oxygen atoms in total. The van der Waals surface area contributed by atoms with E-state index in [1.165, 1.54) is 39.2 Å². The van der Waals surface area contributed by atoms with Crippen molar-refractivity contribution in [3.63, 3.8) is 0 Å². The van der Waals surface area contributed by atoms with Crippen LogP contribution in [0.2, 0.25) is 0 Å². The summed E-state index contributed by atoms with van der Waals surface area (Å²) in [5, 5.41) is 0. The van der Waals surface area contributed by atoms with Crippen molar-refractivity contribution >= 4 is 0 Å². The second-order valence-electron chi connectivity index (χ2n) is 9.29. The number of halogens is 1. The summed E-state index contributed by atoms with van der Waals surface area (Å²) >= 11 is 0. The Morgan fingerprint density at radius 2 is 1.12 bits per heavy atom. The molecule has 0 aliphatic carbocycles. The third-order valence-electron chi connectivity index (χ3n) is 6.70. The molecule has 4 rings (SSSR count). The number of imidazole rings is 1. The van der Waals surface area contributed by atoms with Crippen molar-refractivity contribution in [2.75, 3.05) is 0 Å². The van der Waals surface area contributed by atoms with E-state index in [2.05, 4.69) is 129 Å². The number of benzene rings is 3. The van der Waals surface area contributed by atoms with E-state index in [0.717, 1.165) is 19.4 Å². The van der Waals surface area contributed by atoms with Gasteiger partial charge in [-0.15, -0.1) is 0 Å². The molecule has 0 aliphatic heterocycles. The highest BCUT2D eigenvalue weighted by molar-refractivity contribution is 5.40. The van der Waals surface area contributed by atoms with Gasteiger partial charge in [0.2, 0.25) is 0 Å². The normalized spacial score (nSPS) is 11.3. The van der Waals surface area contributed by atoms with Crippen molar-refractivity contribution in [1.82, 2.24) is 4.57 Å². The summed E-state index contributed by atoms with van der Waals surface area (Å²) in [5.74, 6) is 1.35. The molecule has 33 heavy (non-hydrogen) atoms. The van der Waals surface area contributed by atoms with Crippen LogP contribution in [0.4, 0.5) is 0 Å². The molecule has 0 saturated carbocycles. The van der Waals surface area contributed by atoms with Gasteiger partial charge in [0.05, 0.1) is 13.6 Å². The van der Waals surface area contributed by atoms with E-state index < -0.39 is 0 Å². The van der Waals surface area contributed by atoms with Gasteiger partial charge < -0.3 is 17.0 Å². The van der Waals surface area contributed by atoms with Gasteiger partial charge in [0.1, 0.15) is 17.8 Å². The van der Waals surface area contributed by atoms with Gasteiger partial charge in [-0.25, -0.2) is 9.13 Å². The SMILES string of the molecule is CCn1cc[n+](C)c1C(Cc1ccc(C)cc1)(Cc1ccc(C)cc1)c1ccc(C)cc1.[Br-]. The second-order valence-corrected chi connectivity index (χ2v) is 9.29. The van der Waals surface area contributed by atoms with Crippen LogP contribution < -0.4 is 21.5 Å². The Morgan fingerprint density at radius 3 is 1.55 bits per heavy atom. The lowest BCUT2D eigenvalue weighted by molar-refractivity contribution is -0.682. The van der Waals surface area contributed by atoms with Crippen molar-refractivity contribution in [3.05, 3.63) is 124 Å². The van der Waals surface area contributed by atoms with E-state index in [-0.39, 0.29) is 22.4 Å². The van der Waals surface area contributed by atoms with E-state index >= 15 is 0 Å². The van der Waals surface area contributed by atoms with E-state index in [9.17, 15) is 0 Å². The van der Waals surface area contributed by atoms with Crippen LogP contribution in [0.1, 0.15) is 46.1 Å². The van der Waals surface area contributed by atoms with E-state index in [0.29, 0.717) is 0 Å². The summed E-state index contributed by atoms with van der Waals surface area (Å²) in [7, 11) is 2.19. The van der Waals surface area contributed by atoms with Crippen molar-refractivity contribution < 1.29 is 21.5 Å². The zero-order valence-corrected chi connectivity index (χ0v) is 22.1. The molecule has 0 atom stereocenters. The average molecular weight is 504 g/mol. The van der Waals surface area contributed by atoms with Crippen LogP contribution in [0.5, 0.6) is 0 Å². The van der Waals surface area contributed by atoms with Crippen LogP contribution in [0.15, 0.2) is 85.2 Å². The number of rotatable bonds is 7. The molecule has 0 bridgehead atoms. The third kappa shape index (κ3) is 5.30. The Balaban J connectivity index is 0.00000306. The van der Waals surface area contributed by atoms with E-state index in [4.69, 9.17) is 0 Å². The lowest BCUT2D eigenvalue weighted by Crippen LogP contribution is -3.00. The van der Waals surface area contributed by atoms with E-state index in [1.54, 1.807) is 0 Å². The van der Waals surface area contributed by atoms with Gasteiger partial charge in [-0.2, -0.15) is 0 Å². The fraction of sp³-hybridized carbons (Fsp3) is 0.300. The average Bonchev–Trinajstić information content (AvgIpc) is 3.18. The van der Waals surface area contributed by atoms with Crippen molar-refractivity contribution in [2.24, 2.45) is 7.05 Å². The first-order chi connectivity index (χ1) is 15.4. The summed E-state index contributed by atoms with van der Waals surface area (Å²) in [5.41, 5.74) is 7.81. The first-order valence-electron chi connectivity index (χ1n) is 11.6. The molecule has 0 N–H and O–H groups in total. The summed E-state index contributed by atoms with van der Waals surface area (Å²) in [6, 6.07) is 27.3. The van der Waals surface area contributed by atoms with Gasteiger partial charge >= 0.3 is 0 Å². The molecule has 4 aromatic rings. The second kappa shape index (κ2) is 10.5. The Bertz CT molecular complexity index is 1120. The summed E-state index contributed by atoms with van der Waals surface area (Å²) in [4.78, 5) is 0. The standard InChI is InChI=1S/C30H35N2.BrH/c1-6-32-20-19-31(5)29(32)30(28-17-11-25(4)12-18-28,21-26-13-7-23(2)8-14-26)22-27-15-9-24(3)10-16-27;/h7-20H,6,21-22H2,1-5H3;1H/q+1;/p-1. The maximum Gasteiger partial charge on any atom is 0.267 e. The molecule has 0 unspecified atom stereocenters. The zero-order chi connectivity index (χ0) is 22.7. The van der Waals surface area contributed by atoms with Gasteiger partial charge in [0.25, 0.3) is 5.82 Å². The Morgan fingerprint density at radius 1 is 0.697 bits per heavy atom. The quantitative estimate of drug-likeness (QED) is 0.343. The van der Waals surface area contributed by atoms with Crippen molar-refractivity contribution in [3.8, 4) is 0 Å². The molecule has 3 heteroatoms. The highest BCUT2D eigenvalue weighted by atomic mass is 79.9. The Kier molecular flexibility index (Phi) is 7.97. The van der Waals surface area contributed by atoms with Crippen LogP contribution in [-0.2, 0) is 31.8 Å². The maximum absolute atomic E-state index is 2.42. The molecule has 0 fully saturated rings. The Labute approximate surface area is 209 Å². The van der Waals surface area contributed by atoms with Crippen molar-refractivity contribution in [2.45, 2.75) is 52.5 Å². The lowest BCUT2D eigenvalue weighted by Gasteiger charge is -2.33. The monoisotopic (exact) mass is 502 g/mol. The van der Waals surface area contributed by atoms with Crippen LogP contribution in [-0.4, -0.2) is 4.57 Å². The molecule has 1 aromatic heterocycles. The third-order valence-corrected chi connectivity index (χ3v) is 6.70. The molecule has 0 amide bonds. The molecule has 0 saturated heterocycles. The van der Waals surface area contributed by atoms with Crippen LogP contribution in [0.25, 0.3) is 0 Å². The predicted octanol–water partition coefficient (Wildman–Crippen LogP) is 3.03. The fourth-order valence-electron chi connectivity index (χ4n) is 4.93. The molecule has 0 aliphatic rings.